The first-order chi connectivity index (χ1) is 14.7. The van der Waals surface area contributed by atoms with Crippen molar-refractivity contribution in [2.45, 2.75) is 95.3 Å². The SMILES string of the molecule is C=CC(C)(CCC=C(C)C)OC1OC(COC(=O)CC(C)(O)CC(=O)O)C(O)C(O)C1O. The predicted molar refractivity (Wildman–Crippen MR) is 113 cm³/mol. The van der Waals surface area contributed by atoms with Gasteiger partial charge in [-0.05, 0) is 40.5 Å². The van der Waals surface area contributed by atoms with Gasteiger partial charge in [-0.25, -0.2) is 0 Å². The molecule has 0 aliphatic carbocycles. The lowest BCUT2D eigenvalue weighted by atomic mass is 9.96. The highest BCUT2D eigenvalue weighted by Gasteiger charge is 2.46. The number of ether oxygens (including phenoxy) is 3. The molecule has 1 heterocycles. The van der Waals surface area contributed by atoms with Gasteiger partial charge >= 0.3 is 11.9 Å². The lowest BCUT2D eigenvalue weighted by Gasteiger charge is -2.43. The van der Waals surface area contributed by atoms with E-state index in [0.29, 0.717) is 12.8 Å². The molecule has 1 aliphatic heterocycles. The molecule has 32 heavy (non-hydrogen) atoms. The molecular weight excluding hydrogens is 424 g/mol. The third-order valence-electron chi connectivity index (χ3n) is 5.14. The van der Waals surface area contributed by atoms with Crippen LogP contribution in [0, 0.1) is 0 Å². The lowest BCUT2D eigenvalue weighted by molar-refractivity contribution is -0.320. The van der Waals surface area contributed by atoms with Crippen molar-refractivity contribution in [3.63, 3.8) is 0 Å². The number of carbonyl (C=O) groups is 2. The monoisotopic (exact) mass is 460 g/mol. The molecular formula is C22H36O10. The Kier molecular flexibility index (Phi) is 10.5. The van der Waals surface area contributed by atoms with Gasteiger partial charge in [-0.1, -0.05) is 17.7 Å². The first-order valence-electron chi connectivity index (χ1n) is 10.4. The van der Waals surface area contributed by atoms with Crippen molar-refractivity contribution < 1.29 is 49.3 Å². The first-order valence-corrected chi connectivity index (χ1v) is 10.4. The third kappa shape index (κ3) is 8.97. The third-order valence-corrected chi connectivity index (χ3v) is 5.14. The topological polar surface area (TPSA) is 163 Å². The standard InChI is InChI=1S/C22H36O10/c1-6-22(5,9-7-8-13(2)3)32-20-19(28)18(27)17(26)14(31-20)12-30-16(25)11-21(4,29)10-15(23)24/h6,8,14,17-20,26-29H,1,7,9-12H2,2-5H3,(H,23,24). The number of hydrogen-bond acceptors (Lipinski definition) is 9. The fourth-order valence-corrected chi connectivity index (χ4v) is 3.20. The second-order valence-electron chi connectivity index (χ2n) is 8.90. The Morgan fingerprint density at radius 2 is 1.72 bits per heavy atom. The van der Waals surface area contributed by atoms with Crippen molar-refractivity contribution in [1.29, 1.82) is 0 Å². The largest absolute Gasteiger partial charge is 0.481 e. The molecule has 7 unspecified atom stereocenters. The van der Waals surface area contributed by atoms with Crippen LogP contribution in [0.5, 0.6) is 0 Å². The maximum Gasteiger partial charge on any atom is 0.308 e. The Labute approximate surface area is 188 Å². The molecule has 10 heteroatoms. The van der Waals surface area contributed by atoms with Crippen LogP contribution in [-0.4, -0.2) is 86.0 Å². The lowest BCUT2D eigenvalue weighted by Crippen LogP contribution is -2.60. The Bertz CT molecular complexity index is 684. The van der Waals surface area contributed by atoms with Crippen LogP contribution in [0.1, 0.15) is 53.4 Å². The quantitative estimate of drug-likeness (QED) is 0.206. The second-order valence-corrected chi connectivity index (χ2v) is 8.90. The van der Waals surface area contributed by atoms with E-state index in [2.05, 4.69) is 6.58 Å². The highest BCUT2D eigenvalue weighted by Crippen LogP contribution is 2.29. The van der Waals surface area contributed by atoms with Crippen LogP contribution >= 0.6 is 0 Å². The number of aliphatic carboxylic acids is 1. The van der Waals surface area contributed by atoms with Crippen LogP contribution in [0.4, 0.5) is 0 Å². The van der Waals surface area contributed by atoms with Crippen molar-refractivity contribution in [1.82, 2.24) is 0 Å². The van der Waals surface area contributed by atoms with E-state index in [1.54, 1.807) is 13.0 Å². The molecule has 0 bridgehead atoms. The summed E-state index contributed by atoms with van der Waals surface area (Å²) >= 11 is 0. The van der Waals surface area contributed by atoms with Crippen LogP contribution in [-0.2, 0) is 23.8 Å². The zero-order chi connectivity index (χ0) is 24.7. The summed E-state index contributed by atoms with van der Waals surface area (Å²) in [4.78, 5) is 22.7. The average molecular weight is 461 g/mol. The van der Waals surface area contributed by atoms with Gasteiger partial charge in [0.1, 0.15) is 31.0 Å². The minimum Gasteiger partial charge on any atom is -0.481 e. The Morgan fingerprint density at radius 3 is 2.25 bits per heavy atom. The summed E-state index contributed by atoms with van der Waals surface area (Å²) in [6, 6.07) is 0. The fraction of sp³-hybridized carbons (Fsp3) is 0.727. The van der Waals surface area contributed by atoms with Crippen molar-refractivity contribution in [3.05, 3.63) is 24.3 Å². The number of carboxylic acids is 1. The molecule has 0 spiro atoms. The molecule has 0 aromatic carbocycles. The van der Waals surface area contributed by atoms with Crippen LogP contribution in [0.2, 0.25) is 0 Å². The summed E-state index contributed by atoms with van der Waals surface area (Å²) in [5, 5.41) is 49.5. The number of aliphatic hydroxyl groups excluding tert-OH is 3. The van der Waals surface area contributed by atoms with Gasteiger partial charge in [0.25, 0.3) is 0 Å². The predicted octanol–water partition coefficient (Wildman–Crippen LogP) is 0.661. The number of hydrogen-bond donors (Lipinski definition) is 5. The minimum atomic E-state index is -1.81. The van der Waals surface area contributed by atoms with Gasteiger partial charge in [0, 0.05) is 0 Å². The molecule has 184 valence electrons. The van der Waals surface area contributed by atoms with Crippen molar-refractivity contribution >= 4 is 11.9 Å². The maximum atomic E-state index is 12.0. The summed E-state index contributed by atoms with van der Waals surface area (Å²) in [5.41, 5.74) is -1.59. The molecule has 1 saturated heterocycles. The molecule has 7 atom stereocenters. The summed E-state index contributed by atoms with van der Waals surface area (Å²) in [6.07, 6.45) is -3.79. The van der Waals surface area contributed by atoms with E-state index in [1.165, 1.54) is 6.92 Å². The minimum absolute atomic E-state index is 0.505. The highest BCUT2D eigenvalue weighted by molar-refractivity contribution is 5.73. The van der Waals surface area contributed by atoms with Crippen LogP contribution in [0.15, 0.2) is 24.3 Å². The number of rotatable bonds is 12. The van der Waals surface area contributed by atoms with Gasteiger partial charge in [0.15, 0.2) is 6.29 Å². The maximum absolute atomic E-state index is 12.0. The van der Waals surface area contributed by atoms with E-state index in [9.17, 15) is 30.0 Å². The van der Waals surface area contributed by atoms with E-state index >= 15 is 0 Å². The molecule has 1 rings (SSSR count). The number of allylic oxidation sites excluding steroid dienone is 2. The zero-order valence-electron chi connectivity index (χ0n) is 19.1. The normalized spacial score (nSPS) is 29.3. The van der Waals surface area contributed by atoms with Crippen LogP contribution in [0.25, 0.3) is 0 Å². The van der Waals surface area contributed by atoms with E-state index in [1.807, 2.05) is 19.9 Å². The van der Waals surface area contributed by atoms with Gasteiger partial charge in [-0.15, -0.1) is 6.58 Å². The number of carbonyl (C=O) groups excluding carboxylic acids is 1. The number of aliphatic hydroxyl groups is 4. The molecule has 1 aliphatic rings. The molecule has 5 N–H and O–H groups in total. The summed E-state index contributed by atoms with van der Waals surface area (Å²) in [7, 11) is 0. The van der Waals surface area contributed by atoms with Gasteiger partial charge < -0.3 is 39.7 Å². The molecule has 10 nitrogen and oxygen atoms in total. The zero-order valence-corrected chi connectivity index (χ0v) is 19.1. The summed E-state index contributed by atoms with van der Waals surface area (Å²) in [5.74, 6) is -2.19. The van der Waals surface area contributed by atoms with Gasteiger partial charge in [0.2, 0.25) is 0 Å². The van der Waals surface area contributed by atoms with Crippen molar-refractivity contribution in [3.8, 4) is 0 Å². The summed E-state index contributed by atoms with van der Waals surface area (Å²) < 4.78 is 16.4. The van der Waals surface area contributed by atoms with Gasteiger partial charge in [-0.2, -0.15) is 0 Å². The molecule has 0 amide bonds. The van der Waals surface area contributed by atoms with E-state index in [4.69, 9.17) is 19.3 Å². The molecule has 0 aromatic heterocycles. The fourth-order valence-electron chi connectivity index (χ4n) is 3.20. The summed E-state index contributed by atoms with van der Waals surface area (Å²) in [6.45, 7) is 10.1. The number of esters is 1. The van der Waals surface area contributed by atoms with E-state index in [-0.39, 0.29) is 0 Å². The Morgan fingerprint density at radius 1 is 1.09 bits per heavy atom. The van der Waals surface area contributed by atoms with Crippen LogP contribution in [0.3, 0.4) is 0 Å². The van der Waals surface area contributed by atoms with Crippen LogP contribution < -0.4 is 0 Å². The van der Waals surface area contributed by atoms with Crippen molar-refractivity contribution in [2.24, 2.45) is 0 Å². The Hall–Kier alpha value is -1.82. The van der Waals surface area contributed by atoms with Crippen molar-refractivity contribution in [2.75, 3.05) is 6.61 Å². The molecule has 1 fully saturated rings. The second kappa shape index (κ2) is 11.9. The van der Waals surface area contributed by atoms with Gasteiger partial charge in [0.05, 0.1) is 24.0 Å². The first kappa shape index (κ1) is 28.2. The van der Waals surface area contributed by atoms with E-state index in [0.717, 1.165) is 5.57 Å². The Balaban J connectivity index is 2.77. The molecule has 0 aromatic rings. The molecule has 0 saturated carbocycles. The highest BCUT2D eigenvalue weighted by atomic mass is 16.7. The molecule has 0 radical (unpaired) electrons. The van der Waals surface area contributed by atoms with E-state index < -0.39 is 73.3 Å². The number of carboxylic acid groups (broad SMARTS) is 1. The average Bonchev–Trinajstić information content (AvgIpc) is 2.65. The van der Waals surface area contributed by atoms with Gasteiger partial charge in [-0.3, -0.25) is 9.59 Å². The smallest absolute Gasteiger partial charge is 0.308 e.